The number of carbonyl (C=O) groups excluding carboxylic acids is 1. The Kier molecular flexibility index (Phi) is 5.67. The van der Waals surface area contributed by atoms with E-state index in [2.05, 4.69) is 5.32 Å². The molecule has 24 heavy (non-hydrogen) atoms. The number of anilines is 1. The molecule has 0 aromatic heterocycles. The SMILES string of the molecule is N#Cc1ccc(N2CCCC(C(=O)NCCN)C2)cc1C(F)(F)F. The second-order valence-electron chi connectivity index (χ2n) is 5.70. The van der Waals surface area contributed by atoms with Gasteiger partial charge in [-0.1, -0.05) is 0 Å². The summed E-state index contributed by atoms with van der Waals surface area (Å²) >= 11 is 0. The summed E-state index contributed by atoms with van der Waals surface area (Å²) < 4.78 is 39.2. The van der Waals surface area contributed by atoms with Gasteiger partial charge in [-0.3, -0.25) is 4.79 Å². The van der Waals surface area contributed by atoms with Crippen molar-refractivity contribution in [3.63, 3.8) is 0 Å². The lowest BCUT2D eigenvalue weighted by Gasteiger charge is -2.34. The molecule has 1 unspecified atom stereocenters. The van der Waals surface area contributed by atoms with Crippen molar-refractivity contribution in [3.05, 3.63) is 29.3 Å². The van der Waals surface area contributed by atoms with Gasteiger partial charge in [0.25, 0.3) is 0 Å². The number of nitrogens with zero attached hydrogens (tertiary/aromatic N) is 2. The first-order chi connectivity index (χ1) is 11.4. The van der Waals surface area contributed by atoms with Gasteiger partial charge in [0.2, 0.25) is 5.91 Å². The van der Waals surface area contributed by atoms with Crippen molar-refractivity contribution in [2.45, 2.75) is 19.0 Å². The molecule has 8 heteroatoms. The molecule has 1 saturated heterocycles. The van der Waals surface area contributed by atoms with Crippen LogP contribution in [-0.2, 0) is 11.0 Å². The second kappa shape index (κ2) is 7.53. The Labute approximate surface area is 138 Å². The summed E-state index contributed by atoms with van der Waals surface area (Å²) in [6.45, 7) is 1.64. The third-order valence-electron chi connectivity index (χ3n) is 4.03. The van der Waals surface area contributed by atoms with E-state index in [1.807, 2.05) is 0 Å². The van der Waals surface area contributed by atoms with Crippen LogP contribution in [0.5, 0.6) is 0 Å². The van der Waals surface area contributed by atoms with Crippen LogP contribution >= 0.6 is 0 Å². The monoisotopic (exact) mass is 340 g/mol. The van der Waals surface area contributed by atoms with E-state index in [4.69, 9.17) is 11.0 Å². The number of piperidine rings is 1. The van der Waals surface area contributed by atoms with Crippen LogP contribution < -0.4 is 16.0 Å². The number of rotatable bonds is 4. The molecule has 1 aliphatic heterocycles. The Morgan fingerprint density at radius 1 is 1.46 bits per heavy atom. The van der Waals surface area contributed by atoms with Crippen molar-refractivity contribution in [2.24, 2.45) is 11.7 Å². The standard InChI is InChI=1S/C16H19F3N4O/c17-16(18,19)14-8-13(4-3-11(14)9-21)23-7-1-2-12(10-23)15(24)22-6-5-20/h3-4,8,12H,1-2,5-7,10,20H2,(H,22,24). The van der Waals surface area contributed by atoms with Crippen molar-refractivity contribution in [2.75, 3.05) is 31.1 Å². The van der Waals surface area contributed by atoms with Crippen LogP contribution in [0, 0.1) is 17.2 Å². The second-order valence-corrected chi connectivity index (χ2v) is 5.70. The van der Waals surface area contributed by atoms with Crippen LogP contribution in [-0.4, -0.2) is 32.1 Å². The van der Waals surface area contributed by atoms with E-state index in [1.165, 1.54) is 12.1 Å². The van der Waals surface area contributed by atoms with Crippen LogP contribution in [0.2, 0.25) is 0 Å². The zero-order valence-corrected chi connectivity index (χ0v) is 13.1. The lowest BCUT2D eigenvalue weighted by Crippen LogP contribution is -2.44. The maximum Gasteiger partial charge on any atom is 0.417 e. The fourth-order valence-electron chi connectivity index (χ4n) is 2.83. The maximum atomic E-state index is 13.1. The molecule has 2 rings (SSSR count). The summed E-state index contributed by atoms with van der Waals surface area (Å²) in [5, 5.41) is 11.6. The molecule has 0 aliphatic carbocycles. The van der Waals surface area contributed by atoms with E-state index in [9.17, 15) is 18.0 Å². The van der Waals surface area contributed by atoms with Gasteiger partial charge in [-0.25, -0.2) is 0 Å². The molecule has 1 amide bonds. The van der Waals surface area contributed by atoms with Crippen molar-refractivity contribution in [1.29, 1.82) is 5.26 Å². The molecule has 5 nitrogen and oxygen atoms in total. The Balaban J connectivity index is 2.19. The lowest BCUT2D eigenvalue weighted by molar-refractivity contribution is -0.137. The highest BCUT2D eigenvalue weighted by Crippen LogP contribution is 2.35. The third-order valence-corrected chi connectivity index (χ3v) is 4.03. The van der Waals surface area contributed by atoms with Crippen LogP contribution in [0.3, 0.4) is 0 Å². The van der Waals surface area contributed by atoms with Gasteiger partial charge in [-0.15, -0.1) is 0 Å². The topological polar surface area (TPSA) is 82.2 Å². The van der Waals surface area contributed by atoms with Gasteiger partial charge in [0.05, 0.1) is 23.1 Å². The predicted molar refractivity (Wildman–Crippen MR) is 83.2 cm³/mol. The smallest absolute Gasteiger partial charge is 0.371 e. The minimum Gasteiger partial charge on any atom is -0.371 e. The highest BCUT2D eigenvalue weighted by molar-refractivity contribution is 5.79. The minimum atomic E-state index is -4.59. The molecular weight excluding hydrogens is 321 g/mol. The summed E-state index contributed by atoms with van der Waals surface area (Å²) in [4.78, 5) is 13.8. The van der Waals surface area contributed by atoms with Crippen LogP contribution in [0.1, 0.15) is 24.0 Å². The van der Waals surface area contributed by atoms with E-state index >= 15 is 0 Å². The number of benzene rings is 1. The molecule has 1 heterocycles. The number of amides is 1. The Bertz CT molecular complexity index is 639. The number of nitrogens with two attached hydrogens (primary N) is 1. The first kappa shape index (κ1) is 18.1. The lowest BCUT2D eigenvalue weighted by atomic mass is 9.96. The Morgan fingerprint density at radius 3 is 2.83 bits per heavy atom. The molecule has 1 fully saturated rings. The van der Waals surface area contributed by atoms with Crippen molar-refractivity contribution >= 4 is 11.6 Å². The van der Waals surface area contributed by atoms with E-state index in [1.54, 1.807) is 11.0 Å². The largest absolute Gasteiger partial charge is 0.417 e. The molecule has 0 radical (unpaired) electrons. The molecule has 0 bridgehead atoms. The fraction of sp³-hybridized carbons (Fsp3) is 0.500. The molecule has 0 spiro atoms. The van der Waals surface area contributed by atoms with E-state index in [0.717, 1.165) is 6.07 Å². The van der Waals surface area contributed by atoms with Crippen LogP contribution in [0.15, 0.2) is 18.2 Å². The molecule has 3 N–H and O–H groups in total. The molecule has 1 aliphatic rings. The molecule has 0 saturated carbocycles. The Hall–Kier alpha value is -2.27. The molecule has 130 valence electrons. The van der Waals surface area contributed by atoms with Gasteiger partial charge in [0.15, 0.2) is 0 Å². The minimum absolute atomic E-state index is 0.130. The zero-order chi connectivity index (χ0) is 17.7. The normalized spacial score (nSPS) is 18.1. The van der Waals surface area contributed by atoms with Crippen LogP contribution in [0.25, 0.3) is 0 Å². The summed E-state index contributed by atoms with van der Waals surface area (Å²) in [7, 11) is 0. The molecule has 1 aromatic carbocycles. The first-order valence-electron chi connectivity index (χ1n) is 7.71. The summed E-state index contributed by atoms with van der Waals surface area (Å²) in [6.07, 6.45) is -3.19. The van der Waals surface area contributed by atoms with Crippen molar-refractivity contribution in [1.82, 2.24) is 5.32 Å². The van der Waals surface area contributed by atoms with Crippen LogP contribution in [0.4, 0.5) is 18.9 Å². The number of carbonyl (C=O) groups is 1. The number of halogens is 3. The quantitative estimate of drug-likeness (QED) is 0.877. The van der Waals surface area contributed by atoms with Crippen molar-refractivity contribution in [3.8, 4) is 6.07 Å². The molecular formula is C16H19F3N4O. The predicted octanol–water partition coefficient (Wildman–Crippen LogP) is 1.87. The summed E-state index contributed by atoms with van der Waals surface area (Å²) in [5.74, 6) is -0.412. The highest BCUT2D eigenvalue weighted by atomic mass is 19.4. The van der Waals surface area contributed by atoms with Gasteiger partial charge in [0.1, 0.15) is 0 Å². The van der Waals surface area contributed by atoms with Gasteiger partial charge < -0.3 is 16.0 Å². The number of nitrogens with one attached hydrogen (secondary N) is 1. The average molecular weight is 340 g/mol. The van der Waals surface area contributed by atoms with Gasteiger partial charge in [-0.2, -0.15) is 18.4 Å². The first-order valence-corrected chi connectivity index (χ1v) is 7.71. The number of nitriles is 1. The van der Waals surface area contributed by atoms with E-state index in [-0.39, 0.29) is 11.8 Å². The summed E-state index contributed by atoms with van der Waals surface area (Å²) in [6, 6.07) is 5.22. The van der Waals surface area contributed by atoms with Crippen molar-refractivity contribution < 1.29 is 18.0 Å². The van der Waals surface area contributed by atoms with Gasteiger partial charge >= 0.3 is 6.18 Å². The summed E-state index contributed by atoms with van der Waals surface area (Å²) in [5.41, 5.74) is 4.37. The number of alkyl halides is 3. The number of hydrogen-bond acceptors (Lipinski definition) is 4. The Morgan fingerprint density at radius 2 is 2.21 bits per heavy atom. The van der Waals surface area contributed by atoms with E-state index < -0.39 is 17.3 Å². The number of hydrogen-bond donors (Lipinski definition) is 2. The fourth-order valence-corrected chi connectivity index (χ4v) is 2.83. The third kappa shape index (κ3) is 4.17. The molecule has 1 atom stereocenters. The average Bonchev–Trinajstić information content (AvgIpc) is 2.58. The highest BCUT2D eigenvalue weighted by Gasteiger charge is 2.35. The van der Waals surface area contributed by atoms with E-state index in [0.29, 0.717) is 44.7 Å². The van der Waals surface area contributed by atoms with Gasteiger partial charge in [-0.05, 0) is 31.0 Å². The van der Waals surface area contributed by atoms with Gasteiger partial charge in [0, 0.05) is 31.9 Å². The zero-order valence-electron chi connectivity index (χ0n) is 13.1. The molecule has 1 aromatic rings. The maximum absolute atomic E-state index is 13.1.